The molecule has 1 amide bonds. The van der Waals surface area contributed by atoms with Gasteiger partial charge in [0.2, 0.25) is 0 Å². The fourth-order valence-electron chi connectivity index (χ4n) is 6.18. The van der Waals surface area contributed by atoms with Crippen molar-refractivity contribution in [3.05, 3.63) is 96.6 Å². The third kappa shape index (κ3) is 13.1. The van der Waals surface area contributed by atoms with Crippen molar-refractivity contribution in [2.24, 2.45) is 30.7 Å². The van der Waals surface area contributed by atoms with E-state index in [9.17, 15) is 78.6 Å². The Hall–Kier alpha value is -7.49. The molecule has 0 aliphatic rings. The van der Waals surface area contributed by atoms with E-state index in [1.165, 1.54) is 48.5 Å². The van der Waals surface area contributed by atoms with Gasteiger partial charge in [0.15, 0.2) is 15.6 Å². The van der Waals surface area contributed by atoms with Crippen molar-refractivity contribution >= 4 is 134 Å². The van der Waals surface area contributed by atoms with Crippen LogP contribution in [0.25, 0.3) is 10.8 Å². The number of fused-ring (bicyclic) bond motifs is 1. The number of hydrogen-bond donors (Lipinski definition) is 10. The smallest absolute Gasteiger partial charge is 0.397 e. The molecular weight excluding hydrogens is 1100 g/mol. The van der Waals surface area contributed by atoms with E-state index in [2.05, 4.69) is 40.2 Å². The summed E-state index contributed by atoms with van der Waals surface area (Å²) in [5.41, 5.74) is 13.7. The first-order valence-corrected chi connectivity index (χ1v) is 27.9. The number of carbonyl (C=O) groups is 1. The van der Waals surface area contributed by atoms with Crippen molar-refractivity contribution in [2.75, 3.05) is 34.9 Å². The minimum Gasteiger partial charge on any atom is -0.505 e. The molecule has 6 aromatic carbocycles. The van der Waals surface area contributed by atoms with Gasteiger partial charge < -0.3 is 27.6 Å². The molecule has 0 fully saturated rings. The highest BCUT2D eigenvalue weighted by Gasteiger charge is 2.29. The normalized spacial score (nSPS) is 13.1. The standard InChI is InChI=1S/C37H32N10O20S6/c38-24-16-25(39)28(69(52,53)54)17-27(24)45-42-22-7-5-20(6-8-22)41-37(49)18-1-3-21(4-2-18)43-47-35-31(72(61,62)63)14-19-13-30(71(58,59)60)34(33(40)32(19)36(35)48)46-44-26-10-9-23(15-29(26)70(55,56)57)68(50,51)12-11-67-73(64,65)66/h1-10,13-17,48H,11-12,38-40H2,(H,41,49)(H,52,53,54)(H,55,56,57)(H,58,59,60)(H,61,62,63)(H,64,65,66). The molecule has 30 nitrogen and oxygen atoms in total. The van der Waals surface area contributed by atoms with Crippen LogP contribution in [0, 0.1) is 0 Å². The summed E-state index contributed by atoms with van der Waals surface area (Å²) in [6, 6.07) is 15.4. The van der Waals surface area contributed by atoms with E-state index in [0.717, 1.165) is 12.1 Å². The number of nitrogens with zero attached hydrogens (tertiary/aromatic N) is 6. The van der Waals surface area contributed by atoms with Crippen molar-refractivity contribution < 1.29 is 87.4 Å². The molecule has 0 atom stereocenters. The number of phenols is 1. The lowest BCUT2D eigenvalue weighted by molar-refractivity contribution is 0.102. The quantitative estimate of drug-likeness (QED) is 0.0312. The summed E-state index contributed by atoms with van der Waals surface area (Å²) >= 11 is 0. The van der Waals surface area contributed by atoms with Crippen LogP contribution in [0.15, 0.2) is 146 Å². The van der Waals surface area contributed by atoms with E-state index >= 15 is 0 Å². The number of azo groups is 3. The van der Waals surface area contributed by atoms with Gasteiger partial charge >= 0.3 is 10.4 Å². The summed E-state index contributed by atoms with van der Waals surface area (Å²) in [7, 11) is -30.6. The van der Waals surface area contributed by atoms with E-state index < -0.39 is 143 Å². The van der Waals surface area contributed by atoms with Crippen LogP contribution in [-0.4, -0.2) is 96.6 Å². The number of benzene rings is 6. The van der Waals surface area contributed by atoms with Crippen molar-refractivity contribution in [3.8, 4) is 5.75 Å². The second kappa shape index (κ2) is 20.2. The second-order valence-corrected chi connectivity index (χ2v) is 23.3. The molecular formula is C37H32N10O20S6. The van der Waals surface area contributed by atoms with Crippen LogP contribution in [0.3, 0.4) is 0 Å². The zero-order valence-corrected chi connectivity index (χ0v) is 40.7. The van der Waals surface area contributed by atoms with Crippen LogP contribution in [0.5, 0.6) is 5.75 Å². The molecule has 13 N–H and O–H groups in total. The molecule has 0 heterocycles. The van der Waals surface area contributed by atoms with E-state index in [1.807, 2.05) is 0 Å². The lowest BCUT2D eigenvalue weighted by atomic mass is 10.1. The molecule has 73 heavy (non-hydrogen) atoms. The maximum absolute atomic E-state index is 13.0. The molecule has 0 aliphatic heterocycles. The Balaban J connectivity index is 1.29. The molecule has 386 valence electrons. The van der Waals surface area contributed by atoms with Crippen LogP contribution in [0.4, 0.5) is 56.9 Å². The molecule has 0 spiro atoms. The van der Waals surface area contributed by atoms with Crippen LogP contribution in [0.2, 0.25) is 0 Å². The number of nitrogens with two attached hydrogens (primary N) is 3. The van der Waals surface area contributed by atoms with Crippen LogP contribution in [-0.2, 0) is 64.9 Å². The zero-order valence-electron chi connectivity index (χ0n) is 35.8. The summed E-state index contributed by atoms with van der Waals surface area (Å²) in [4.78, 5) is 7.84. The van der Waals surface area contributed by atoms with Crippen molar-refractivity contribution in [1.82, 2.24) is 0 Å². The summed E-state index contributed by atoms with van der Waals surface area (Å²) in [6.45, 7) is -1.13. The number of amides is 1. The Bertz CT molecular complexity index is 4070. The molecule has 0 aliphatic carbocycles. The lowest BCUT2D eigenvalue weighted by Crippen LogP contribution is -2.16. The minimum atomic E-state index is -5.45. The molecule has 0 saturated carbocycles. The van der Waals surface area contributed by atoms with Crippen molar-refractivity contribution in [2.45, 2.75) is 24.5 Å². The molecule has 6 aromatic rings. The Morgan fingerprint density at radius 3 is 1.59 bits per heavy atom. The molecule has 36 heteroatoms. The zero-order chi connectivity index (χ0) is 54.2. The highest BCUT2D eigenvalue weighted by molar-refractivity contribution is 7.91. The maximum atomic E-state index is 13.0. The van der Waals surface area contributed by atoms with Gasteiger partial charge in [0.05, 0.1) is 51.1 Å². The highest BCUT2D eigenvalue weighted by atomic mass is 32.3. The van der Waals surface area contributed by atoms with Gasteiger partial charge in [0.25, 0.3) is 46.4 Å². The predicted molar refractivity (Wildman–Crippen MR) is 254 cm³/mol. The average molecular weight is 1130 g/mol. The van der Waals surface area contributed by atoms with Gasteiger partial charge in [-0.1, -0.05) is 0 Å². The summed E-state index contributed by atoms with van der Waals surface area (Å²) in [5.74, 6) is -3.00. The molecule has 0 saturated heterocycles. The molecule has 0 unspecified atom stereocenters. The number of carbonyl (C=O) groups excluding carboxylic acids is 1. The largest absolute Gasteiger partial charge is 0.505 e. The highest BCUT2D eigenvalue weighted by Crippen LogP contribution is 2.48. The predicted octanol–water partition coefficient (Wildman–Crippen LogP) is 5.37. The molecule has 6 rings (SSSR count). The number of anilines is 4. The van der Waals surface area contributed by atoms with Gasteiger partial charge in [0, 0.05) is 11.3 Å². The third-order valence-corrected chi connectivity index (χ3v) is 15.2. The fourth-order valence-corrected chi connectivity index (χ4v) is 10.4. The van der Waals surface area contributed by atoms with Gasteiger partial charge in [-0.15, -0.1) is 20.5 Å². The number of aromatic hydroxyl groups is 1. The maximum Gasteiger partial charge on any atom is 0.397 e. The molecule has 0 radical (unpaired) electrons. The van der Waals surface area contributed by atoms with Crippen molar-refractivity contribution in [1.29, 1.82) is 0 Å². The van der Waals surface area contributed by atoms with Crippen LogP contribution < -0.4 is 22.5 Å². The first kappa shape index (κ1) is 54.8. The van der Waals surface area contributed by atoms with E-state index in [4.69, 9.17) is 21.8 Å². The van der Waals surface area contributed by atoms with Gasteiger partial charge in [-0.25, -0.2) is 12.6 Å². The van der Waals surface area contributed by atoms with E-state index in [0.29, 0.717) is 30.3 Å². The van der Waals surface area contributed by atoms with Crippen LogP contribution >= 0.6 is 0 Å². The number of rotatable bonds is 17. The van der Waals surface area contributed by atoms with E-state index in [-0.39, 0.29) is 39.7 Å². The number of phenolic OH excluding ortho intramolecular Hbond substituents is 1. The van der Waals surface area contributed by atoms with Gasteiger partial charge in [0.1, 0.15) is 42.3 Å². The summed E-state index contributed by atoms with van der Waals surface area (Å²) < 4.78 is 197. The van der Waals surface area contributed by atoms with Gasteiger partial charge in [-0.2, -0.15) is 52.3 Å². The molecule has 0 aromatic heterocycles. The number of sulfone groups is 1. The first-order chi connectivity index (χ1) is 33.6. The second-order valence-electron chi connectivity index (χ2n) is 14.5. The lowest BCUT2D eigenvalue weighted by Gasteiger charge is -2.14. The monoisotopic (exact) mass is 1130 g/mol. The van der Waals surface area contributed by atoms with Crippen LogP contribution in [0.1, 0.15) is 10.4 Å². The number of hydrogen-bond acceptors (Lipinski definition) is 24. The first-order valence-electron chi connectivity index (χ1n) is 19.1. The number of nitrogen functional groups attached to an aromatic ring is 3. The minimum absolute atomic E-state index is 0.0388. The Labute approximate surface area is 411 Å². The van der Waals surface area contributed by atoms with Gasteiger partial charge in [-0.05, 0) is 96.4 Å². The van der Waals surface area contributed by atoms with Crippen molar-refractivity contribution in [3.63, 3.8) is 0 Å². The Morgan fingerprint density at radius 2 is 1.04 bits per heavy atom. The molecule has 0 bridgehead atoms. The van der Waals surface area contributed by atoms with Gasteiger partial charge in [-0.3, -0.25) is 27.6 Å². The summed E-state index contributed by atoms with van der Waals surface area (Å²) in [6.07, 6.45) is 0. The van der Waals surface area contributed by atoms with E-state index in [1.54, 1.807) is 0 Å². The SMILES string of the molecule is Nc1cc(N)c(S(=O)(=O)O)cc1N=Nc1ccc(NC(=O)c2ccc(N=Nc3c(S(=O)(=O)O)cc4cc(S(=O)(=O)O)c(N=Nc5ccc(S(=O)(=O)CCOS(=O)(=O)O)cc5S(=O)(=O)O)c(N)c4c3O)cc2)cc1. The third-order valence-electron chi connectivity index (χ3n) is 9.51. The Morgan fingerprint density at radius 1 is 0.534 bits per heavy atom. The average Bonchev–Trinajstić information content (AvgIpc) is 3.26. The fraction of sp³-hybridized carbons (Fsp3) is 0.0541. The number of nitrogens with one attached hydrogen (secondary N) is 1. The summed E-state index contributed by atoms with van der Waals surface area (Å²) in [5, 5.41) is 35.3. The topological polar surface area (TPSA) is 517 Å². The Kier molecular flexibility index (Phi) is 15.2.